The highest BCUT2D eigenvalue weighted by Gasteiger charge is 2.32. The van der Waals surface area contributed by atoms with E-state index < -0.39 is 23.8 Å². The van der Waals surface area contributed by atoms with Crippen LogP contribution in [-0.2, 0) is 20.8 Å². The fraction of sp³-hybridized carbons (Fsp3) is 0.333. The molecule has 0 aliphatic carbocycles. The van der Waals surface area contributed by atoms with Crippen LogP contribution in [0.15, 0.2) is 52.4 Å². The molecule has 0 bridgehead atoms. The molecule has 2 amide bonds. The molecule has 1 saturated heterocycles. The fourth-order valence-electron chi connectivity index (χ4n) is 3.54. The molecule has 2 atom stereocenters. The summed E-state index contributed by atoms with van der Waals surface area (Å²) < 4.78 is 4.94. The van der Waals surface area contributed by atoms with Gasteiger partial charge in [-0.2, -0.15) is 5.10 Å². The van der Waals surface area contributed by atoms with Gasteiger partial charge in [-0.3, -0.25) is 9.59 Å². The molecule has 9 nitrogen and oxygen atoms in total. The van der Waals surface area contributed by atoms with Crippen molar-refractivity contribution >= 4 is 29.7 Å². The molecule has 1 unspecified atom stereocenters. The van der Waals surface area contributed by atoms with E-state index in [9.17, 15) is 19.5 Å². The lowest BCUT2D eigenvalue weighted by molar-refractivity contribution is -0.142. The summed E-state index contributed by atoms with van der Waals surface area (Å²) in [5.41, 5.74) is 2.23. The summed E-state index contributed by atoms with van der Waals surface area (Å²) in [4.78, 5) is 38.5. The van der Waals surface area contributed by atoms with Gasteiger partial charge >= 0.3 is 5.97 Å². The van der Waals surface area contributed by atoms with Crippen LogP contribution in [0.2, 0.25) is 0 Å². The van der Waals surface area contributed by atoms with Gasteiger partial charge in [0.15, 0.2) is 0 Å². The second-order valence-electron chi connectivity index (χ2n) is 7.20. The van der Waals surface area contributed by atoms with E-state index in [1.807, 2.05) is 24.3 Å². The third-order valence-corrected chi connectivity index (χ3v) is 5.06. The van der Waals surface area contributed by atoms with Crippen molar-refractivity contribution < 1.29 is 23.9 Å². The molecule has 158 valence electrons. The number of hydrazone groups is 1. The van der Waals surface area contributed by atoms with Crippen molar-refractivity contribution in [1.82, 2.24) is 5.32 Å². The van der Waals surface area contributed by atoms with E-state index in [4.69, 9.17) is 10.3 Å². The van der Waals surface area contributed by atoms with Crippen molar-refractivity contribution in [3.05, 3.63) is 54.0 Å². The minimum Gasteiger partial charge on any atom is -0.480 e. The minimum absolute atomic E-state index is 0.0532. The quantitative estimate of drug-likeness (QED) is 0.341. The highest BCUT2D eigenvalue weighted by atomic mass is 16.4. The van der Waals surface area contributed by atoms with E-state index in [1.54, 1.807) is 11.0 Å². The van der Waals surface area contributed by atoms with Crippen LogP contribution in [0.4, 0.5) is 5.69 Å². The number of nitrogens with zero attached hydrogens (tertiary/aromatic N) is 2. The first kappa shape index (κ1) is 21.1. The number of hydrogen-bond acceptors (Lipinski definition) is 6. The Labute approximate surface area is 173 Å². The number of benzene rings is 1. The van der Waals surface area contributed by atoms with Crippen molar-refractivity contribution in [3.8, 4) is 0 Å². The Morgan fingerprint density at radius 3 is 2.73 bits per heavy atom. The van der Waals surface area contributed by atoms with Crippen LogP contribution >= 0.6 is 0 Å². The number of furan rings is 1. The number of nitrogens with one attached hydrogen (secondary N) is 1. The van der Waals surface area contributed by atoms with Gasteiger partial charge in [-0.25, -0.2) is 4.79 Å². The molecule has 1 aliphatic rings. The number of anilines is 1. The highest BCUT2D eigenvalue weighted by Crippen LogP contribution is 2.26. The molecule has 1 aromatic heterocycles. The number of amides is 2. The lowest BCUT2D eigenvalue weighted by Crippen LogP contribution is -2.46. The maximum Gasteiger partial charge on any atom is 0.326 e. The summed E-state index contributed by atoms with van der Waals surface area (Å²) in [5, 5.41) is 15.4. The minimum atomic E-state index is -1.14. The molecule has 2 aromatic rings. The van der Waals surface area contributed by atoms with E-state index >= 15 is 0 Å². The van der Waals surface area contributed by atoms with Crippen LogP contribution in [0.3, 0.4) is 0 Å². The van der Waals surface area contributed by atoms with Crippen LogP contribution in [0.5, 0.6) is 0 Å². The molecule has 0 saturated carbocycles. The Kier molecular flexibility index (Phi) is 6.84. The lowest BCUT2D eigenvalue weighted by Gasteiger charge is -2.32. The largest absolute Gasteiger partial charge is 0.480 e. The van der Waals surface area contributed by atoms with E-state index in [0.717, 1.165) is 17.7 Å². The zero-order valence-corrected chi connectivity index (χ0v) is 16.4. The zero-order valence-electron chi connectivity index (χ0n) is 16.4. The number of carbonyl (C=O) groups is 3. The van der Waals surface area contributed by atoms with Gasteiger partial charge < -0.3 is 25.6 Å². The van der Waals surface area contributed by atoms with Gasteiger partial charge in [0.25, 0.3) is 0 Å². The summed E-state index contributed by atoms with van der Waals surface area (Å²) in [6, 6.07) is 7.80. The predicted octanol–water partition coefficient (Wildman–Crippen LogP) is 1.52. The van der Waals surface area contributed by atoms with Crippen molar-refractivity contribution in [2.45, 2.75) is 31.7 Å². The zero-order chi connectivity index (χ0) is 21.5. The van der Waals surface area contributed by atoms with Crippen molar-refractivity contribution in [3.63, 3.8) is 0 Å². The van der Waals surface area contributed by atoms with Gasteiger partial charge in [-0.15, -0.1) is 0 Å². The van der Waals surface area contributed by atoms with E-state index in [2.05, 4.69) is 10.4 Å². The number of hydrogen-bond donors (Lipinski definition) is 3. The SMILES string of the molecule is NN=Cc1ccc(N2CCCC(CC(=O)N[C@@H](Cc3ccoc3)C(=O)O)C2=O)cc1. The first-order chi connectivity index (χ1) is 14.5. The van der Waals surface area contributed by atoms with Gasteiger partial charge in [0.05, 0.1) is 18.7 Å². The van der Waals surface area contributed by atoms with Gasteiger partial charge in [0.1, 0.15) is 6.04 Å². The van der Waals surface area contributed by atoms with Crippen LogP contribution in [0.25, 0.3) is 0 Å². The van der Waals surface area contributed by atoms with E-state index in [-0.39, 0.29) is 18.7 Å². The fourth-order valence-corrected chi connectivity index (χ4v) is 3.54. The molecule has 3 rings (SSSR count). The number of carboxylic acids is 1. The van der Waals surface area contributed by atoms with Gasteiger partial charge in [-0.1, -0.05) is 12.1 Å². The maximum atomic E-state index is 12.9. The van der Waals surface area contributed by atoms with Crippen molar-refractivity contribution in [2.24, 2.45) is 16.9 Å². The Morgan fingerprint density at radius 2 is 2.10 bits per heavy atom. The molecule has 0 radical (unpaired) electrons. The van der Waals surface area contributed by atoms with Crippen molar-refractivity contribution in [2.75, 3.05) is 11.4 Å². The van der Waals surface area contributed by atoms with E-state index in [0.29, 0.717) is 18.5 Å². The first-order valence-electron chi connectivity index (χ1n) is 9.66. The van der Waals surface area contributed by atoms with Gasteiger partial charge in [0.2, 0.25) is 11.8 Å². The summed E-state index contributed by atoms with van der Waals surface area (Å²) in [7, 11) is 0. The number of rotatable bonds is 8. The molecule has 1 aromatic carbocycles. The van der Waals surface area contributed by atoms with Crippen LogP contribution in [0.1, 0.15) is 30.4 Å². The molecule has 0 spiro atoms. The number of carbonyl (C=O) groups excluding carboxylic acids is 2. The molecule has 2 heterocycles. The number of piperidine rings is 1. The molecular weight excluding hydrogens is 388 g/mol. The molecule has 30 heavy (non-hydrogen) atoms. The molecule has 4 N–H and O–H groups in total. The van der Waals surface area contributed by atoms with Crippen LogP contribution < -0.4 is 16.1 Å². The molecule has 9 heteroatoms. The predicted molar refractivity (Wildman–Crippen MR) is 110 cm³/mol. The summed E-state index contributed by atoms with van der Waals surface area (Å²) in [5.74, 6) is 2.92. The Morgan fingerprint density at radius 1 is 1.33 bits per heavy atom. The van der Waals surface area contributed by atoms with Crippen LogP contribution in [-0.4, -0.2) is 41.7 Å². The van der Waals surface area contributed by atoms with Gasteiger partial charge in [-0.05, 0) is 42.2 Å². The molecule has 1 aliphatic heterocycles. The third-order valence-electron chi connectivity index (χ3n) is 5.06. The van der Waals surface area contributed by atoms with Gasteiger partial charge in [0, 0.05) is 31.0 Å². The molecule has 1 fully saturated rings. The third kappa shape index (κ3) is 5.25. The van der Waals surface area contributed by atoms with E-state index in [1.165, 1.54) is 18.7 Å². The average molecular weight is 412 g/mol. The standard InChI is InChI=1S/C21H24N4O5/c22-23-12-14-3-5-17(6-4-14)25-8-1-2-16(20(25)27)11-19(26)24-18(21(28)29)10-15-7-9-30-13-15/h3-7,9,12-13,16,18H,1-2,8,10-11,22H2,(H,24,26)(H,28,29)/t16?,18-/m0/s1. The second-order valence-corrected chi connectivity index (χ2v) is 7.20. The maximum absolute atomic E-state index is 12.9. The number of aliphatic carboxylic acids is 1. The first-order valence-corrected chi connectivity index (χ1v) is 9.66. The smallest absolute Gasteiger partial charge is 0.326 e. The van der Waals surface area contributed by atoms with Crippen LogP contribution in [0, 0.1) is 5.92 Å². The topological polar surface area (TPSA) is 138 Å². The highest BCUT2D eigenvalue weighted by molar-refractivity contribution is 5.98. The summed E-state index contributed by atoms with van der Waals surface area (Å²) >= 11 is 0. The summed E-state index contributed by atoms with van der Waals surface area (Å²) in [6.45, 7) is 0.569. The molecular formula is C21H24N4O5. The monoisotopic (exact) mass is 412 g/mol. The number of nitrogens with two attached hydrogens (primary N) is 1. The Balaban J connectivity index is 1.61. The van der Waals surface area contributed by atoms with Crippen molar-refractivity contribution in [1.29, 1.82) is 0 Å². The Hall–Kier alpha value is -3.62. The normalized spacial score (nSPS) is 17.8. The lowest BCUT2D eigenvalue weighted by atomic mass is 9.92. The average Bonchev–Trinajstić information content (AvgIpc) is 3.23. The number of carboxylic acid groups (broad SMARTS) is 1. The second kappa shape index (κ2) is 9.73. The Bertz CT molecular complexity index is 908. The summed E-state index contributed by atoms with van der Waals surface area (Å²) in [6.07, 6.45) is 5.80.